The monoisotopic (exact) mass is 421 g/mol. The summed E-state index contributed by atoms with van der Waals surface area (Å²) in [6.45, 7) is 4.87. The third-order valence-corrected chi connectivity index (χ3v) is 5.75. The van der Waals surface area contributed by atoms with E-state index in [1.54, 1.807) is 29.2 Å². The van der Waals surface area contributed by atoms with Crippen LogP contribution in [-0.2, 0) is 9.59 Å². The molecule has 2 saturated heterocycles. The first kappa shape index (κ1) is 21.1. The van der Waals surface area contributed by atoms with Gasteiger partial charge in [0, 0.05) is 31.7 Å². The van der Waals surface area contributed by atoms with Gasteiger partial charge in [-0.05, 0) is 42.8 Å². The maximum Gasteiger partial charge on any atom is 0.253 e. The molecule has 0 N–H and O–H groups in total. The van der Waals surface area contributed by atoms with Gasteiger partial charge in [0.05, 0.1) is 24.8 Å². The molecule has 2 aliphatic rings. The number of piperazine rings is 1. The van der Waals surface area contributed by atoms with E-state index in [9.17, 15) is 14.4 Å². The number of imide groups is 1. The highest BCUT2D eigenvalue weighted by atomic mass is 16.5. The molecular formula is C24H27N3O4. The summed E-state index contributed by atoms with van der Waals surface area (Å²) in [5, 5.41) is 0. The molecule has 2 fully saturated rings. The fraction of sp³-hybridized carbons (Fsp3) is 0.375. The number of carbonyl (C=O) groups is 3. The molecule has 0 radical (unpaired) electrons. The Morgan fingerprint density at radius 3 is 2.29 bits per heavy atom. The molecule has 2 aromatic carbocycles. The number of nitrogens with zero attached hydrogens (tertiary/aromatic N) is 3. The quantitative estimate of drug-likeness (QED) is 0.671. The summed E-state index contributed by atoms with van der Waals surface area (Å²) in [5.74, 6) is 0.330. The maximum absolute atomic E-state index is 13.1. The van der Waals surface area contributed by atoms with Crippen LogP contribution < -0.4 is 9.64 Å². The standard InChI is InChI=1S/C24H27N3O4/c1-2-16-31-20-10-8-19(9-11-20)27-22(28)17-21(24(27)30)25-12-14-26(15-13-25)23(29)18-6-4-3-5-7-18/h3-11,21H,2,12-17H2,1H3/t21-/m0/s1. The average Bonchev–Trinajstić information content (AvgIpc) is 3.12. The van der Waals surface area contributed by atoms with E-state index in [-0.39, 0.29) is 24.1 Å². The van der Waals surface area contributed by atoms with Crippen LogP contribution in [0, 0.1) is 0 Å². The highest BCUT2D eigenvalue weighted by Crippen LogP contribution is 2.28. The molecule has 0 unspecified atom stereocenters. The van der Waals surface area contributed by atoms with Gasteiger partial charge in [-0.25, -0.2) is 4.90 Å². The van der Waals surface area contributed by atoms with Crippen molar-refractivity contribution in [1.82, 2.24) is 9.80 Å². The number of hydrogen-bond donors (Lipinski definition) is 0. The van der Waals surface area contributed by atoms with E-state index < -0.39 is 6.04 Å². The molecule has 3 amide bonds. The summed E-state index contributed by atoms with van der Waals surface area (Å²) in [5.41, 5.74) is 1.24. The molecule has 31 heavy (non-hydrogen) atoms. The second-order valence-electron chi connectivity index (χ2n) is 7.82. The van der Waals surface area contributed by atoms with E-state index in [0.717, 1.165) is 12.2 Å². The van der Waals surface area contributed by atoms with Crippen molar-refractivity contribution in [3.8, 4) is 5.75 Å². The van der Waals surface area contributed by atoms with Crippen LogP contribution in [0.15, 0.2) is 54.6 Å². The second kappa shape index (κ2) is 9.31. The van der Waals surface area contributed by atoms with Crippen LogP contribution in [0.3, 0.4) is 0 Å². The van der Waals surface area contributed by atoms with Crippen LogP contribution in [0.5, 0.6) is 5.75 Å². The molecule has 0 bridgehead atoms. The number of rotatable bonds is 6. The summed E-state index contributed by atoms with van der Waals surface area (Å²) in [6, 6.07) is 15.8. The first-order chi connectivity index (χ1) is 15.1. The molecule has 0 aliphatic carbocycles. The van der Waals surface area contributed by atoms with E-state index in [0.29, 0.717) is 44.0 Å². The van der Waals surface area contributed by atoms with Gasteiger partial charge in [-0.15, -0.1) is 0 Å². The Bertz CT molecular complexity index is 937. The first-order valence-corrected chi connectivity index (χ1v) is 10.8. The number of benzene rings is 2. The van der Waals surface area contributed by atoms with Gasteiger partial charge in [0.2, 0.25) is 5.91 Å². The van der Waals surface area contributed by atoms with Crippen LogP contribution in [-0.4, -0.2) is 66.3 Å². The van der Waals surface area contributed by atoms with E-state index in [4.69, 9.17) is 4.74 Å². The minimum atomic E-state index is -0.475. The normalized spacial score (nSPS) is 19.7. The summed E-state index contributed by atoms with van der Waals surface area (Å²) in [4.78, 5) is 43.4. The van der Waals surface area contributed by atoms with E-state index in [2.05, 4.69) is 0 Å². The number of amides is 3. The summed E-state index contributed by atoms with van der Waals surface area (Å²) in [6.07, 6.45) is 1.08. The van der Waals surface area contributed by atoms with Crippen molar-refractivity contribution in [2.75, 3.05) is 37.7 Å². The molecule has 0 saturated carbocycles. The molecule has 162 valence electrons. The van der Waals surface area contributed by atoms with Crippen LogP contribution in [0.1, 0.15) is 30.1 Å². The molecule has 0 spiro atoms. The molecule has 7 heteroatoms. The van der Waals surface area contributed by atoms with Gasteiger partial charge in [-0.1, -0.05) is 25.1 Å². The van der Waals surface area contributed by atoms with Crippen molar-refractivity contribution in [1.29, 1.82) is 0 Å². The topological polar surface area (TPSA) is 70.2 Å². The third-order valence-electron chi connectivity index (χ3n) is 5.75. The highest BCUT2D eigenvalue weighted by molar-refractivity contribution is 6.22. The fourth-order valence-corrected chi connectivity index (χ4v) is 4.08. The molecule has 4 rings (SSSR count). The van der Waals surface area contributed by atoms with Gasteiger partial charge >= 0.3 is 0 Å². The van der Waals surface area contributed by atoms with E-state index >= 15 is 0 Å². The van der Waals surface area contributed by atoms with Gasteiger partial charge in [-0.3, -0.25) is 19.3 Å². The van der Waals surface area contributed by atoms with Crippen LogP contribution in [0.2, 0.25) is 0 Å². The Morgan fingerprint density at radius 1 is 0.968 bits per heavy atom. The highest BCUT2D eigenvalue weighted by Gasteiger charge is 2.43. The Labute approximate surface area is 182 Å². The average molecular weight is 421 g/mol. The third kappa shape index (κ3) is 4.46. The van der Waals surface area contributed by atoms with Gasteiger partial charge in [-0.2, -0.15) is 0 Å². The molecular weight excluding hydrogens is 394 g/mol. The Hall–Kier alpha value is -3.19. The van der Waals surface area contributed by atoms with Gasteiger partial charge in [0.25, 0.3) is 11.8 Å². The lowest BCUT2D eigenvalue weighted by Crippen LogP contribution is -2.53. The Morgan fingerprint density at radius 2 is 1.65 bits per heavy atom. The smallest absolute Gasteiger partial charge is 0.253 e. The van der Waals surface area contributed by atoms with Crippen molar-refractivity contribution < 1.29 is 19.1 Å². The molecule has 7 nitrogen and oxygen atoms in total. The molecule has 1 atom stereocenters. The van der Waals surface area contributed by atoms with Crippen molar-refractivity contribution in [2.45, 2.75) is 25.8 Å². The van der Waals surface area contributed by atoms with Crippen molar-refractivity contribution in [2.24, 2.45) is 0 Å². The zero-order valence-electron chi connectivity index (χ0n) is 17.7. The Balaban J connectivity index is 1.37. The van der Waals surface area contributed by atoms with Crippen molar-refractivity contribution in [3.63, 3.8) is 0 Å². The number of carbonyl (C=O) groups excluding carboxylic acids is 3. The fourth-order valence-electron chi connectivity index (χ4n) is 4.08. The zero-order chi connectivity index (χ0) is 21.8. The largest absolute Gasteiger partial charge is 0.494 e. The number of anilines is 1. The summed E-state index contributed by atoms with van der Waals surface area (Å²) < 4.78 is 5.58. The Kier molecular flexibility index (Phi) is 6.32. The second-order valence-corrected chi connectivity index (χ2v) is 7.82. The molecule has 0 aromatic heterocycles. The molecule has 2 aromatic rings. The lowest BCUT2D eigenvalue weighted by atomic mass is 10.1. The number of hydrogen-bond acceptors (Lipinski definition) is 5. The lowest BCUT2D eigenvalue weighted by molar-refractivity contribution is -0.123. The van der Waals surface area contributed by atoms with Gasteiger partial charge < -0.3 is 9.64 Å². The summed E-state index contributed by atoms with van der Waals surface area (Å²) in [7, 11) is 0. The van der Waals surface area contributed by atoms with Crippen LogP contribution in [0.4, 0.5) is 5.69 Å². The predicted molar refractivity (Wildman–Crippen MR) is 117 cm³/mol. The van der Waals surface area contributed by atoms with Gasteiger partial charge in [0.1, 0.15) is 5.75 Å². The van der Waals surface area contributed by atoms with Crippen LogP contribution in [0.25, 0.3) is 0 Å². The summed E-state index contributed by atoms with van der Waals surface area (Å²) >= 11 is 0. The minimum absolute atomic E-state index is 0.00100. The zero-order valence-corrected chi connectivity index (χ0v) is 17.7. The predicted octanol–water partition coefficient (Wildman–Crippen LogP) is 2.57. The minimum Gasteiger partial charge on any atom is -0.494 e. The van der Waals surface area contributed by atoms with E-state index in [1.807, 2.05) is 42.2 Å². The van der Waals surface area contributed by atoms with Crippen LogP contribution >= 0.6 is 0 Å². The lowest BCUT2D eigenvalue weighted by Gasteiger charge is -2.37. The van der Waals surface area contributed by atoms with Crippen molar-refractivity contribution in [3.05, 3.63) is 60.2 Å². The van der Waals surface area contributed by atoms with Gasteiger partial charge in [0.15, 0.2) is 0 Å². The molecule has 2 heterocycles. The SMILES string of the molecule is CCCOc1ccc(N2C(=O)C[C@H](N3CCN(C(=O)c4ccccc4)CC3)C2=O)cc1. The van der Waals surface area contributed by atoms with E-state index in [1.165, 1.54) is 4.90 Å². The molecule has 2 aliphatic heterocycles. The maximum atomic E-state index is 13.1. The first-order valence-electron chi connectivity index (χ1n) is 10.8. The number of ether oxygens (including phenoxy) is 1. The van der Waals surface area contributed by atoms with Crippen molar-refractivity contribution >= 4 is 23.4 Å².